The number of guanidine groups is 1. The molecule has 2 aliphatic carbocycles. The average Bonchev–Trinajstić information content (AvgIpc) is 3.18. The molecule has 2 N–H and O–H groups in total. The van der Waals surface area contributed by atoms with E-state index >= 15 is 0 Å². The number of aliphatic imine (C=N–C) groups is 1. The second kappa shape index (κ2) is 6.44. The van der Waals surface area contributed by atoms with Gasteiger partial charge in [0.2, 0.25) is 0 Å². The van der Waals surface area contributed by atoms with E-state index in [1.807, 2.05) is 7.05 Å². The molecular formula is C15H29N3. The molecule has 0 aromatic carbocycles. The van der Waals surface area contributed by atoms with E-state index in [1.54, 1.807) is 0 Å². The van der Waals surface area contributed by atoms with Crippen LogP contribution in [0.5, 0.6) is 0 Å². The summed E-state index contributed by atoms with van der Waals surface area (Å²) >= 11 is 0. The molecule has 104 valence electrons. The number of nitrogens with zero attached hydrogens (tertiary/aromatic N) is 1. The minimum Gasteiger partial charge on any atom is -0.354 e. The number of hydrogen-bond acceptors (Lipinski definition) is 1. The standard InChI is InChI=1S/C15H29N3/c1-4-11(2)17-15(16-3)18-14-10-13(14)12-8-6-5-7-9-12/h11-14H,4-10H2,1-3H3,(H2,16,17,18). The van der Waals surface area contributed by atoms with Gasteiger partial charge in [-0.05, 0) is 31.6 Å². The van der Waals surface area contributed by atoms with E-state index in [1.165, 1.54) is 38.5 Å². The lowest BCUT2D eigenvalue weighted by Gasteiger charge is -2.22. The molecule has 0 saturated heterocycles. The lowest BCUT2D eigenvalue weighted by molar-refractivity contribution is 0.315. The van der Waals surface area contributed by atoms with Crippen LogP contribution in [-0.2, 0) is 0 Å². The zero-order chi connectivity index (χ0) is 13.0. The van der Waals surface area contributed by atoms with Crippen LogP contribution in [0.3, 0.4) is 0 Å². The van der Waals surface area contributed by atoms with Crippen molar-refractivity contribution in [1.29, 1.82) is 0 Å². The number of hydrogen-bond donors (Lipinski definition) is 2. The van der Waals surface area contributed by atoms with Gasteiger partial charge in [0.25, 0.3) is 0 Å². The fraction of sp³-hybridized carbons (Fsp3) is 0.933. The SMILES string of the molecule is CCC(C)NC(=NC)NC1CC1C1CCCCC1. The highest BCUT2D eigenvalue weighted by molar-refractivity contribution is 5.80. The predicted molar refractivity (Wildman–Crippen MR) is 77.9 cm³/mol. The Bertz CT molecular complexity index is 281. The summed E-state index contributed by atoms with van der Waals surface area (Å²) in [5.41, 5.74) is 0. The van der Waals surface area contributed by atoms with Gasteiger partial charge < -0.3 is 10.6 Å². The van der Waals surface area contributed by atoms with E-state index < -0.39 is 0 Å². The molecule has 3 unspecified atom stereocenters. The highest BCUT2D eigenvalue weighted by Gasteiger charge is 2.43. The van der Waals surface area contributed by atoms with Gasteiger partial charge in [-0.3, -0.25) is 4.99 Å². The second-order valence-electron chi connectivity index (χ2n) is 6.07. The van der Waals surface area contributed by atoms with Gasteiger partial charge in [-0.25, -0.2) is 0 Å². The van der Waals surface area contributed by atoms with Crippen LogP contribution in [0.2, 0.25) is 0 Å². The molecule has 0 heterocycles. The van der Waals surface area contributed by atoms with Crippen molar-refractivity contribution in [1.82, 2.24) is 10.6 Å². The summed E-state index contributed by atoms with van der Waals surface area (Å²) in [7, 11) is 1.87. The van der Waals surface area contributed by atoms with Crippen LogP contribution in [0.4, 0.5) is 0 Å². The molecule has 0 aromatic heterocycles. The molecule has 2 saturated carbocycles. The van der Waals surface area contributed by atoms with E-state index in [0.717, 1.165) is 24.2 Å². The van der Waals surface area contributed by atoms with Gasteiger partial charge in [0.1, 0.15) is 0 Å². The van der Waals surface area contributed by atoms with Crippen LogP contribution >= 0.6 is 0 Å². The van der Waals surface area contributed by atoms with Crippen molar-refractivity contribution in [3.05, 3.63) is 0 Å². The van der Waals surface area contributed by atoms with E-state index in [4.69, 9.17) is 0 Å². The van der Waals surface area contributed by atoms with Crippen molar-refractivity contribution in [2.45, 2.75) is 70.9 Å². The third kappa shape index (κ3) is 3.63. The normalized spacial score (nSPS) is 30.9. The van der Waals surface area contributed by atoms with E-state index in [-0.39, 0.29) is 0 Å². The van der Waals surface area contributed by atoms with Crippen LogP contribution in [0.1, 0.15) is 58.8 Å². The minimum absolute atomic E-state index is 0.503. The number of rotatable bonds is 4. The molecule has 0 aliphatic heterocycles. The van der Waals surface area contributed by atoms with Crippen LogP contribution < -0.4 is 10.6 Å². The Balaban J connectivity index is 1.73. The van der Waals surface area contributed by atoms with Gasteiger partial charge in [0.05, 0.1) is 0 Å². The van der Waals surface area contributed by atoms with E-state index in [0.29, 0.717) is 12.1 Å². The quantitative estimate of drug-likeness (QED) is 0.595. The molecule has 3 nitrogen and oxygen atoms in total. The Labute approximate surface area is 112 Å². The lowest BCUT2D eigenvalue weighted by Crippen LogP contribution is -2.43. The summed E-state index contributed by atoms with van der Waals surface area (Å²) in [4.78, 5) is 4.33. The topological polar surface area (TPSA) is 36.4 Å². The third-order valence-corrected chi connectivity index (χ3v) is 4.64. The average molecular weight is 251 g/mol. The van der Waals surface area contributed by atoms with Crippen LogP contribution in [0, 0.1) is 11.8 Å². The summed E-state index contributed by atoms with van der Waals surface area (Å²) in [5.74, 6) is 2.89. The van der Waals surface area contributed by atoms with Crippen molar-refractivity contribution < 1.29 is 0 Å². The molecule has 2 aliphatic rings. The molecule has 3 atom stereocenters. The summed E-state index contributed by atoms with van der Waals surface area (Å²) in [6, 6.07) is 1.19. The van der Waals surface area contributed by atoms with Crippen molar-refractivity contribution in [3.8, 4) is 0 Å². The Kier molecular flexibility index (Phi) is 4.90. The van der Waals surface area contributed by atoms with Crippen LogP contribution in [-0.4, -0.2) is 25.1 Å². The first-order chi connectivity index (χ1) is 8.74. The molecule has 0 amide bonds. The lowest BCUT2D eigenvalue weighted by atomic mass is 9.85. The summed E-state index contributed by atoms with van der Waals surface area (Å²) in [6.07, 6.45) is 9.77. The first-order valence-corrected chi connectivity index (χ1v) is 7.74. The maximum atomic E-state index is 4.33. The van der Waals surface area contributed by atoms with Gasteiger partial charge in [-0.15, -0.1) is 0 Å². The Hall–Kier alpha value is -0.730. The monoisotopic (exact) mass is 251 g/mol. The summed E-state index contributed by atoms with van der Waals surface area (Å²) in [5, 5.41) is 7.04. The van der Waals surface area contributed by atoms with Crippen molar-refractivity contribution >= 4 is 5.96 Å². The fourth-order valence-corrected chi connectivity index (χ4v) is 3.15. The van der Waals surface area contributed by atoms with Gasteiger partial charge in [0, 0.05) is 19.1 Å². The molecule has 2 fully saturated rings. The summed E-state index contributed by atoms with van der Waals surface area (Å²) in [6.45, 7) is 4.41. The van der Waals surface area contributed by atoms with Gasteiger partial charge >= 0.3 is 0 Å². The molecule has 2 rings (SSSR count). The molecular weight excluding hydrogens is 222 g/mol. The van der Waals surface area contributed by atoms with Gasteiger partial charge in [-0.2, -0.15) is 0 Å². The molecule has 0 radical (unpaired) electrons. The molecule has 0 bridgehead atoms. The molecule has 0 spiro atoms. The maximum Gasteiger partial charge on any atom is 0.191 e. The molecule has 18 heavy (non-hydrogen) atoms. The van der Waals surface area contributed by atoms with Crippen molar-refractivity contribution in [3.63, 3.8) is 0 Å². The smallest absolute Gasteiger partial charge is 0.191 e. The Morgan fingerprint density at radius 3 is 2.61 bits per heavy atom. The highest BCUT2D eigenvalue weighted by atomic mass is 15.2. The Morgan fingerprint density at radius 2 is 2.00 bits per heavy atom. The Morgan fingerprint density at radius 1 is 1.28 bits per heavy atom. The molecule has 0 aromatic rings. The zero-order valence-corrected chi connectivity index (χ0v) is 12.2. The van der Waals surface area contributed by atoms with Crippen molar-refractivity contribution in [2.75, 3.05) is 7.05 Å². The maximum absolute atomic E-state index is 4.33. The van der Waals surface area contributed by atoms with E-state index in [9.17, 15) is 0 Å². The largest absolute Gasteiger partial charge is 0.354 e. The van der Waals surface area contributed by atoms with E-state index in [2.05, 4.69) is 29.5 Å². The summed E-state index contributed by atoms with van der Waals surface area (Å²) < 4.78 is 0. The third-order valence-electron chi connectivity index (χ3n) is 4.64. The van der Waals surface area contributed by atoms with Gasteiger partial charge in [0.15, 0.2) is 5.96 Å². The fourth-order valence-electron chi connectivity index (χ4n) is 3.15. The predicted octanol–water partition coefficient (Wildman–Crippen LogP) is 2.92. The van der Waals surface area contributed by atoms with Gasteiger partial charge in [-0.1, -0.05) is 39.0 Å². The van der Waals surface area contributed by atoms with Crippen molar-refractivity contribution in [2.24, 2.45) is 16.8 Å². The first-order valence-electron chi connectivity index (χ1n) is 7.74. The first kappa shape index (κ1) is 13.7. The minimum atomic E-state index is 0.503. The molecule has 3 heteroatoms. The highest BCUT2D eigenvalue weighted by Crippen LogP contribution is 2.44. The van der Waals surface area contributed by atoms with Crippen LogP contribution in [0.25, 0.3) is 0 Å². The second-order valence-corrected chi connectivity index (χ2v) is 6.07. The zero-order valence-electron chi connectivity index (χ0n) is 12.2. The number of nitrogens with one attached hydrogen (secondary N) is 2. The van der Waals surface area contributed by atoms with Crippen LogP contribution in [0.15, 0.2) is 4.99 Å².